The van der Waals surface area contributed by atoms with E-state index >= 15 is 0 Å². The number of benzene rings is 1. The van der Waals surface area contributed by atoms with Crippen molar-refractivity contribution in [2.75, 3.05) is 6.54 Å². The normalized spacial score (nSPS) is 34.8. The monoisotopic (exact) mass is 793 g/mol. The van der Waals surface area contributed by atoms with Crippen molar-refractivity contribution in [1.82, 2.24) is 4.90 Å². The summed E-state index contributed by atoms with van der Waals surface area (Å²) in [6.45, 7) is 20.9. The topological polar surface area (TPSA) is 110 Å². The smallest absolute Gasteiger partial charge is 0.410 e. The molecule has 6 rings (SSSR count). The van der Waals surface area contributed by atoms with E-state index in [0.717, 1.165) is 62.4 Å². The number of Topliss-reactive ketones (excluding diaryl/α,β-unsaturated/α-hetero) is 1. The van der Waals surface area contributed by atoms with Gasteiger partial charge in [0.15, 0.2) is 5.78 Å². The Morgan fingerprint density at radius 3 is 2.21 bits per heavy atom. The molecule has 9 heteroatoms. The van der Waals surface area contributed by atoms with Crippen LogP contribution < -0.4 is 0 Å². The van der Waals surface area contributed by atoms with Crippen LogP contribution >= 0.6 is 11.6 Å². The third kappa shape index (κ3) is 7.88. The van der Waals surface area contributed by atoms with Crippen molar-refractivity contribution in [1.29, 1.82) is 0 Å². The molecule has 56 heavy (non-hydrogen) atoms. The molecule has 5 aliphatic carbocycles. The van der Waals surface area contributed by atoms with Gasteiger partial charge in [-0.1, -0.05) is 77.8 Å². The van der Waals surface area contributed by atoms with Crippen LogP contribution in [0.25, 0.3) is 0 Å². The Balaban J connectivity index is 1.27. The fraction of sp³-hybridized carbons (Fsp3) is 0.745. The number of fused-ring (bicyclic) bond motifs is 7. The predicted octanol–water partition coefficient (Wildman–Crippen LogP) is 10.2. The van der Waals surface area contributed by atoms with E-state index in [-0.39, 0.29) is 72.4 Å². The minimum atomic E-state index is -0.937. The molecule has 1 aromatic carbocycles. The minimum Gasteiger partial charge on any atom is -0.462 e. The third-order valence-corrected chi connectivity index (χ3v) is 15.6. The molecule has 0 aromatic heterocycles. The number of aliphatic hydroxyl groups excluding tert-OH is 1. The molecule has 0 saturated heterocycles. The number of carbonyl (C=O) groups excluding carboxylic acids is 4. The first-order chi connectivity index (χ1) is 26.0. The van der Waals surface area contributed by atoms with Crippen LogP contribution in [0.3, 0.4) is 0 Å². The molecule has 8 unspecified atom stereocenters. The second kappa shape index (κ2) is 15.5. The second-order valence-electron chi connectivity index (χ2n) is 21.0. The molecular weight excluding hydrogens is 726 g/mol. The maximum Gasteiger partial charge on any atom is 0.410 e. The van der Waals surface area contributed by atoms with E-state index < -0.39 is 28.6 Å². The number of rotatable bonds is 10. The fourth-order valence-electron chi connectivity index (χ4n) is 12.9. The highest BCUT2D eigenvalue weighted by Gasteiger charge is 2.66. The van der Waals surface area contributed by atoms with Crippen molar-refractivity contribution in [3.8, 4) is 0 Å². The van der Waals surface area contributed by atoms with E-state index in [9.17, 15) is 24.3 Å². The Hall–Kier alpha value is -2.71. The van der Waals surface area contributed by atoms with Gasteiger partial charge in [0, 0.05) is 28.8 Å². The van der Waals surface area contributed by atoms with Gasteiger partial charge >= 0.3 is 12.1 Å². The van der Waals surface area contributed by atoms with Crippen molar-refractivity contribution in [2.24, 2.45) is 57.2 Å². The Kier molecular flexibility index (Phi) is 11.8. The molecule has 10 atom stereocenters. The number of halogens is 1. The van der Waals surface area contributed by atoms with Gasteiger partial charge in [-0.05, 0) is 142 Å². The van der Waals surface area contributed by atoms with Crippen molar-refractivity contribution < 1.29 is 33.8 Å². The number of amides is 1. The molecule has 0 heterocycles. The molecule has 4 saturated carbocycles. The summed E-state index contributed by atoms with van der Waals surface area (Å²) in [5, 5.41) is 13.2. The van der Waals surface area contributed by atoms with Crippen LogP contribution in [0, 0.1) is 57.2 Å². The number of ketones is 1. The first-order valence-corrected chi connectivity index (χ1v) is 21.8. The van der Waals surface area contributed by atoms with E-state index in [0.29, 0.717) is 29.2 Å². The highest BCUT2D eigenvalue weighted by molar-refractivity contribution is 6.30. The average molecular weight is 795 g/mol. The number of hydrogen-bond acceptors (Lipinski definition) is 7. The van der Waals surface area contributed by atoms with E-state index in [1.54, 1.807) is 30.9 Å². The summed E-state index contributed by atoms with van der Waals surface area (Å²) in [5.74, 6) is 1.67. The molecule has 0 spiro atoms. The molecule has 1 aromatic rings. The van der Waals surface area contributed by atoms with Gasteiger partial charge in [0.1, 0.15) is 18.0 Å². The summed E-state index contributed by atoms with van der Waals surface area (Å²) in [4.78, 5) is 54.0. The quantitative estimate of drug-likeness (QED) is 0.186. The van der Waals surface area contributed by atoms with Crippen LogP contribution in [-0.4, -0.2) is 58.5 Å². The van der Waals surface area contributed by atoms with Gasteiger partial charge in [-0.2, -0.15) is 0 Å². The molecule has 310 valence electrons. The zero-order valence-corrected chi connectivity index (χ0v) is 36.5. The van der Waals surface area contributed by atoms with Crippen LogP contribution in [0.5, 0.6) is 0 Å². The van der Waals surface area contributed by atoms with Crippen molar-refractivity contribution in [3.05, 3.63) is 46.0 Å². The van der Waals surface area contributed by atoms with Gasteiger partial charge in [0.05, 0.1) is 19.1 Å². The first kappa shape index (κ1) is 42.9. The summed E-state index contributed by atoms with van der Waals surface area (Å²) in [7, 11) is 0. The van der Waals surface area contributed by atoms with E-state index in [1.165, 1.54) is 5.57 Å². The largest absolute Gasteiger partial charge is 0.462 e. The van der Waals surface area contributed by atoms with Crippen LogP contribution in [0.2, 0.25) is 5.02 Å². The lowest BCUT2D eigenvalue weighted by molar-refractivity contribution is -0.192. The summed E-state index contributed by atoms with van der Waals surface area (Å²) in [6, 6.07) is 7.39. The molecule has 1 amide bonds. The zero-order chi connectivity index (χ0) is 41.2. The number of esters is 1. The predicted molar refractivity (Wildman–Crippen MR) is 219 cm³/mol. The molecule has 8 nitrogen and oxygen atoms in total. The molecule has 4 fully saturated rings. The number of hydrogen-bond donors (Lipinski definition) is 1. The fourth-order valence-corrected chi connectivity index (χ4v) is 13.0. The van der Waals surface area contributed by atoms with Gasteiger partial charge < -0.3 is 24.3 Å². The number of nitrogens with zero attached hydrogens (tertiary/aromatic N) is 1. The Labute approximate surface area is 340 Å². The number of allylic oxidation sites excluding steroid dienone is 1. The zero-order valence-electron chi connectivity index (χ0n) is 35.7. The second-order valence-corrected chi connectivity index (χ2v) is 21.4. The van der Waals surface area contributed by atoms with E-state index in [2.05, 4.69) is 34.6 Å². The molecule has 0 bridgehead atoms. The maximum absolute atomic E-state index is 14.2. The van der Waals surface area contributed by atoms with Gasteiger partial charge in [0.25, 0.3) is 0 Å². The van der Waals surface area contributed by atoms with Gasteiger partial charge in [-0.3, -0.25) is 9.59 Å². The van der Waals surface area contributed by atoms with Gasteiger partial charge in [-0.15, -0.1) is 0 Å². The molecule has 0 aliphatic heterocycles. The van der Waals surface area contributed by atoms with Crippen LogP contribution in [0.15, 0.2) is 35.4 Å². The molecule has 1 N–H and O–H groups in total. The van der Waals surface area contributed by atoms with Crippen molar-refractivity contribution >= 4 is 35.7 Å². The summed E-state index contributed by atoms with van der Waals surface area (Å²) < 4.78 is 12.0. The van der Waals surface area contributed by atoms with Crippen molar-refractivity contribution in [2.45, 2.75) is 158 Å². The highest BCUT2D eigenvalue weighted by atomic mass is 35.5. The SMILES string of the molecule is CC(C)C1=C2C3CC[C@H]4C(C)(CC[C@H]5C(C)C(OC(=O)CC(C)(C)C=O)CCC54C)C3CCC2(C(O)CN(Cc2ccc(Cl)cc2)C(=O)OC(C)(C)C)CC1=O. The molecule has 5 aliphatic rings. The Morgan fingerprint density at radius 1 is 0.964 bits per heavy atom. The van der Waals surface area contributed by atoms with Gasteiger partial charge in [-0.25, -0.2) is 4.79 Å². The number of aldehydes is 1. The lowest BCUT2D eigenvalue weighted by Gasteiger charge is -2.67. The lowest BCUT2D eigenvalue weighted by atomic mass is 9.38. The lowest BCUT2D eigenvalue weighted by Crippen LogP contribution is -2.61. The maximum atomic E-state index is 14.2. The Morgan fingerprint density at radius 2 is 1.59 bits per heavy atom. The Bertz CT molecular complexity index is 1710. The number of aliphatic hydroxyl groups is 1. The minimum absolute atomic E-state index is 0.0380. The number of carbonyl (C=O) groups is 4. The first-order valence-electron chi connectivity index (χ1n) is 21.4. The summed E-state index contributed by atoms with van der Waals surface area (Å²) in [5.41, 5.74) is 0.988. The van der Waals surface area contributed by atoms with Crippen LogP contribution in [-0.2, 0) is 30.4 Å². The van der Waals surface area contributed by atoms with Crippen molar-refractivity contribution in [3.63, 3.8) is 0 Å². The van der Waals surface area contributed by atoms with Crippen LogP contribution in [0.4, 0.5) is 4.79 Å². The summed E-state index contributed by atoms with van der Waals surface area (Å²) >= 11 is 6.19. The van der Waals surface area contributed by atoms with E-state index in [1.807, 2.05) is 32.9 Å². The van der Waals surface area contributed by atoms with Gasteiger partial charge in [0.2, 0.25) is 0 Å². The van der Waals surface area contributed by atoms with Crippen LogP contribution in [0.1, 0.15) is 139 Å². The summed E-state index contributed by atoms with van der Waals surface area (Å²) in [6.07, 6.45) is 7.34. The molecular formula is C47H68ClNO7. The number of ether oxygens (including phenoxy) is 2. The molecule has 0 radical (unpaired) electrons. The average Bonchev–Trinajstić information content (AvgIpc) is 3.42. The van der Waals surface area contributed by atoms with E-state index in [4.69, 9.17) is 21.1 Å². The standard InChI is InChI=1S/C47H68ClNO7/c1-28(2)40-35(51)23-47(38(52)26-49(42(54)56-43(4,5)6)25-30-11-13-31(48)14-12-30)22-18-34-32(41(40)47)15-16-37-45(9)21-19-36(55-39(53)24-44(7,8)27-50)29(3)33(45)17-20-46(34,37)10/h11-14,27-29,32-34,36-38,52H,15-26H2,1-10H3/t29?,32?,33-,34?,36?,37+,38?,45?,46?,47?/m0/s1. The highest BCUT2D eigenvalue weighted by Crippen LogP contribution is 2.72. The third-order valence-electron chi connectivity index (χ3n) is 15.3.